The first kappa shape index (κ1) is 12.2. The lowest BCUT2D eigenvalue weighted by molar-refractivity contribution is 0.00872. The molecule has 1 aromatic carbocycles. The van der Waals surface area contributed by atoms with E-state index in [9.17, 15) is 0 Å². The van der Waals surface area contributed by atoms with Crippen LogP contribution < -0.4 is 5.32 Å². The van der Waals surface area contributed by atoms with Crippen LogP contribution in [0.1, 0.15) is 43.7 Å². The predicted octanol–water partition coefficient (Wildman–Crippen LogP) is 3.14. The number of aryl methyl sites for hydroxylation is 1. The first-order valence-electron chi connectivity index (χ1n) is 7.18. The van der Waals surface area contributed by atoms with E-state index in [1.807, 2.05) is 0 Å². The summed E-state index contributed by atoms with van der Waals surface area (Å²) in [6.07, 6.45) is 5.29. The quantitative estimate of drug-likeness (QED) is 0.883. The van der Waals surface area contributed by atoms with Crippen LogP contribution in [0.2, 0.25) is 0 Å². The van der Waals surface area contributed by atoms with Crippen LogP contribution in [0.25, 0.3) is 0 Å². The van der Waals surface area contributed by atoms with Crippen LogP contribution in [0.5, 0.6) is 0 Å². The van der Waals surface area contributed by atoms with Gasteiger partial charge in [0.2, 0.25) is 0 Å². The second-order valence-corrected chi connectivity index (χ2v) is 5.85. The molecule has 0 aliphatic carbocycles. The van der Waals surface area contributed by atoms with Gasteiger partial charge in [0.25, 0.3) is 0 Å². The number of nitrogens with one attached hydrogen (secondary N) is 1. The molecule has 2 aliphatic rings. The van der Waals surface area contributed by atoms with E-state index in [0.717, 1.165) is 13.0 Å². The smallest absolute Gasteiger partial charge is 0.0610 e. The first-order chi connectivity index (χ1) is 8.72. The molecule has 2 heterocycles. The highest BCUT2D eigenvalue weighted by Crippen LogP contribution is 2.43. The van der Waals surface area contributed by atoms with E-state index < -0.39 is 0 Å². The molecule has 2 saturated heterocycles. The lowest BCUT2D eigenvalue weighted by Crippen LogP contribution is -2.49. The van der Waals surface area contributed by atoms with Gasteiger partial charge < -0.3 is 10.1 Å². The van der Waals surface area contributed by atoms with Crippen LogP contribution in [-0.2, 0) is 10.3 Å². The summed E-state index contributed by atoms with van der Waals surface area (Å²) in [5, 5.41) is 3.85. The topological polar surface area (TPSA) is 21.3 Å². The van der Waals surface area contributed by atoms with Gasteiger partial charge in [0.1, 0.15) is 0 Å². The molecule has 0 spiro atoms. The Bertz CT molecular complexity index is 414. The molecule has 0 aromatic heterocycles. The Labute approximate surface area is 110 Å². The summed E-state index contributed by atoms with van der Waals surface area (Å²) in [4.78, 5) is 0. The van der Waals surface area contributed by atoms with Crippen LogP contribution in [0.3, 0.4) is 0 Å². The number of piperidine rings is 1. The zero-order valence-corrected chi connectivity index (χ0v) is 11.4. The number of fused-ring (bicyclic) bond motifs is 2. The summed E-state index contributed by atoms with van der Waals surface area (Å²) < 4.78 is 5.89. The number of rotatable bonds is 3. The van der Waals surface area contributed by atoms with Crippen molar-refractivity contribution in [1.29, 1.82) is 0 Å². The molecule has 2 aliphatic heterocycles. The molecule has 18 heavy (non-hydrogen) atoms. The highest BCUT2D eigenvalue weighted by molar-refractivity contribution is 5.30. The number of benzene rings is 1. The Hall–Kier alpha value is -0.860. The molecule has 98 valence electrons. The van der Waals surface area contributed by atoms with E-state index in [1.54, 1.807) is 0 Å². The Morgan fingerprint density at radius 1 is 1.33 bits per heavy atom. The Balaban J connectivity index is 1.86. The van der Waals surface area contributed by atoms with Crippen molar-refractivity contribution in [3.63, 3.8) is 0 Å². The van der Waals surface area contributed by atoms with Crippen molar-refractivity contribution in [2.24, 2.45) is 0 Å². The van der Waals surface area contributed by atoms with Crippen LogP contribution in [0.15, 0.2) is 24.3 Å². The average Bonchev–Trinajstić information content (AvgIpc) is 2.67. The summed E-state index contributed by atoms with van der Waals surface area (Å²) in [6.45, 7) is 5.08. The maximum Gasteiger partial charge on any atom is 0.0610 e. The molecule has 3 unspecified atom stereocenters. The maximum atomic E-state index is 5.89. The summed E-state index contributed by atoms with van der Waals surface area (Å²) in [7, 11) is 0. The van der Waals surface area contributed by atoms with Gasteiger partial charge in [0, 0.05) is 18.2 Å². The third-order valence-electron chi connectivity index (χ3n) is 4.53. The zero-order chi connectivity index (χ0) is 12.6. The van der Waals surface area contributed by atoms with E-state index in [2.05, 4.69) is 43.4 Å². The number of hydrogen-bond donors (Lipinski definition) is 1. The fraction of sp³-hybridized carbons (Fsp3) is 0.625. The highest BCUT2D eigenvalue weighted by Gasteiger charge is 2.46. The second kappa shape index (κ2) is 4.67. The molecular formula is C16H23NO. The molecule has 1 aromatic rings. The summed E-state index contributed by atoms with van der Waals surface area (Å²) in [5.74, 6) is 0. The highest BCUT2D eigenvalue weighted by atomic mass is 16.5. The van der Waals surface area contributed by atoms with E-state index in [4.69, 9.17) is 4.74 Å². The van der Waals surface area contributed by atoms with Crippen molar-refractivity contribution in [1.82, 2.24) is 5.32 Å². The van der Waals surface area contributed by atoms with E-state index in [-0.39, 0.29) is 5.54 Å². The molecule has 2 heteroatoms. The minimum Gasteiger partial charge on any atom is -0.378 e. The zero-order valence-electron chi connectivity index (χ0n) is 11.4. The van der Waals surface area contributed by atoms with Crippen LogP contribution in [0.4, 0.5) is 0 Å². The molecule has 1 N–H and O–H groups in total. The van der Waals surface area contributed by atoms with Gasteiger partial charge >= 0.3 is 0 Å². The van der Waals surface area contributed by atoms with Gasteiger partial charge in [-0.15, -0.1) is 0 Å². The third-order valence-corrected chi connectivity index (χ3v) is 4.53. The van der Waals surface area contributed by atoms with Gasteiger partial charge in [-0.3, -0.25) is 0 Å². The maximum absolute atomic E-state index is 5.89. The van der Waals surface area contributed by atoms with Gasteiger partial charge in [0.05, 0.1) is 6.10 Å². The molecule has 0 amide bonds. The Morgan fingerprint density at radius 2 is 2.11 bits per heavy atom. The van der Waals surface area contributed by atoms with E-state index >= 15 is 0 Å². The molecule has 0 radical (unpaired) electrons. The number of hydrogen-bond acceptors (Lipinski definition) is 2. The fourth-order valence-electron chi connectivity index (χ4n) is 3.66. The van der Waals surface area contributed by atoms with Crippen molar-refractivity contribution < 1.29 is 4.74 Å². The van der Waals surface area contributed by atoms with Crippen molar-refractivity contribution in [3.05, 3.63) is 35.4 Å². The van der Waals surface area contributed by atoms with Crippen molar-refractivity contribution in [3.8, 4) is 0 Å². The largest absolute Gasteiger partial charge is 0.378 e. The normalized spacial score (nSPS) is 34.8. The summed E-state index contributed by atoms with van der Waals surface area (Å²) in [6, 6.07) is 9.68. The molecule has 2 bridgehead atoms. The van der Waals surface area contributed by atoms with Crippen molar-refractivity contribution in [2.45, 2.75) is 57.2 Å². The van der Waals surface area contributed by atoms with Gasteiger partial charge in [0.15, 0.2) is 0 Å². The van der Waals surface area contributed by atoms with E-state index in [0.29, 0.717) is 12.1 Å². The van der Waals surface area contributed by atoms with Gasteiger partial charge in [-0.05, 0) is 45.1 Å². The SMILES string of the molecule is CCOC1CC2CCC(c3ccc(C)cc3)(C1)N2. The third kappa shape index (κ3) is 2.08. The lowest BCUT2D eigenvalue weighted by Gasteiger charge is -2.39. The second-order valence-electron chi connectivity index (χ2n) is 5.85. The lowest BCUT2D eigenvalue weighted by atomic mass is 9.82. The molecular weight excluding hydrogens is 222 g/mol. The van der Waals surface area contributed by atoms with Crippen LogP contribution in [-0.4, -0.2) is 18.8 Å². The van der Waals surface area contributed by atoms with Crippen LogP contribution in [0, 0.1) is 6.92 Å². The van der Waals surface area contributed by atoms with Gasteiger partial charge in [-0.25, -0.2) is 0 Å². The Morgan fingerprint density at radius 3 is 2.83 bits per heavy atom. The summed E-state index contributed by atoms with van der Waals surface area (Å²) in [5.41, 5.74) is 2.96. The standard InChI is InChI=1S/C16H23NO/c1-3-18-15-10-14-8-9-16(11-15,17-14)13-6-4-12(2)5-7-13/h4-7,14-15,17H,3,8-11H2,1-2H3. The molecule has 2 nitrogen and oxygen atoms in total. The van der Waals surface area contributed by atoms with Crippen molar-refractivity contribution in [2.75, 3.05) is 6.61 Å². The summed E-state index contributed by atoms with van der Waals surface area (Å²) >= 11 is 0. The van der Waals surface area contributed by atoms with E-state index in [1.165, 1.54) is 30.4 Å². The first-order valence-corrected chi connectivity index (χ1v) is 7.18. The molecule has 0 saturated carbocycles. The minimum atomic E-state index is 0.177. The fourth-order valence-corrected chi connectivity index (χ4v) is 3.66. The average molecular weight is 245 g/mol. The molecule has 3 atom stereocenters. The predicted molar refractivity (Wildman–Crippen MR) is 73.7 cm³/mol. The Kier molecular flexibility index (Phi) is 3.16. The van der Waals surface area contributed by atoms with Crippen molar-refractivity contribution >= 4 is 0 Å². The minimum absolute atomic E-state index is 0.177. The van der Waals surface area contributed by atoms with Gasteiger partial charge in [-0.1, -0.05) is 29.8 Å². The molecule has 2 fully saturated rings. The molecule has 3 rings (SSSR count). The number of ether oxygens (including phenoxy) is 1. The monoisotopic (exact) mass is 245 g/mol. The van der Waals surface area contributed by atoms with Crippen LogP contribution >= 0.6 is 0 Å². The van der Waals surface area contributed by atoms with Gasteiger partial charge in [-0.2, -0.15) is 0 Å².